The van der Waals surface area contributed by atoms with E-state index < -0.39 is 0 Å². The minimum absolute atomic E-state index is 0. The number of carbonyl (C=O) groups excluding carboxylic acids is 1. The summed E-state index contributed by atoms with van der Waals surface area (Å²) in [5, 5.41) is 6.84. The van der Waals surface area contributed by atoms with Crippen LogP contribution in [0.4, 0.5) is 0 Å². The Bertz CT molecular complexity index is 703. The third-order valence-corrected chi connectivity index (χ3v) is 6.22. The zero-order valence-corrected chi connectivity index (χ0v) is 21.6. The molecule has 0 aromatic heterocycles. The molecule has 174 valence electrons. The van der Waals surface area contributed by atoms with E-state index in [4.69, 9.17) is 4.99 Å². The lowest BCUT2D eigenvalue weighted by molar-refractivity contribution is -0.128. The number of nitrogens with zero attached hydrogens (tertiary/aromatic N) is 3. The Labute approximate surface area is 205 Å². The van der Waals surface area contributed by atoms with E-state index in [0.29, 0.717) is 19.5 Å². The van der Waals surface area contributed by atoms with Gasteiger partial charge in [-0.25, -0.2) is 4.99 Å². The zero-order valence-electron chi connectivity index (χ0n) is 19.2. The molecule has 31 heavy (non-hydrogen) atoms. The number of halogens is 1. The number of carbonyl (C=O) groups is 1. The fourth-order valence-electron chi connectivity index (χ4n) is 4.24. The molecule has 1 aromatic rings. The van der Waals surface area contributed by atoms with E-state index >= 15 is 0 Å². The van der Waals surface area contributed by atoms with Gasteiger partial charge in [0.25, 0.3) is 0 Å². The molecule has 2 aliphatic heterocycles. The first-order valence-corrected chi connectivity index (χ1v) is 11.7. The molecule has 6 nitrogen and oxygen atoms in total. The summed E-state index contributed by atoms with van der Waals surface area (Å²) < 4.78 is 0. The summed E-state index contributed by atoms with van der Waals surface area (Å²) in [6, 6.07) is 8.35. The Balaban J connectivity index is 0.00000341. The quantitative estimate of drug-likeness (QED) is 0.217. The molecular weight excluding hydrogens is 501 g/mol. The first-order chi connectivity index (χ1) is 14.7. The highest BCUT2D eigenvalue weighted by molar-refractivity contribution is 14.0. The summed E-state index contributed by atoms with van der Waals surface area (Å²) in [4.78, 5) is 21.4. The van der Waals surface area contributed by atoms with Gasteiger partial charge < -0.3 is 20.4 Å². The Kier molecular flexibility index (Phi) is 11.6. The van der Waals surface area contributed by atoms with Crippen LogP contribution in [0.15, 0.2) is 29.3 Å². The van der Waals surface area contributed by atoms with Gasteiger partial charge >= 0.3 is 0 Å². The molecule has 2 saturated heterocycles. The molecule has 0 bridgehead atoms. The van der Waals surface area contributed by atoms with Crippen molar-refractivity contribution in [3.05, 3.63) is 35.4 Å². The summed E-state index contributed by atoms with van der Waals surface area (Å²) >= 11 is 0. The minimum Gasteiger partial charge on any atom is -0.357 e. The van der Waals surface area contributed by atoms with Crippen molar-refractivity contribution in [3.63, 3.8) is 0 Å². The average molecular weight is 542 g/mol. The van der Waals surface area contributed by atoms with E-state index in [2.05, 4.69) is 47.6 Å². The number of aliphatic imine (C=N–C) groups is 1. The third-order valence-electron chi connectivity index (χ3n) is 6.22. The van der Waals surface area contributed by atoms with Crippen LogP contribution in [-0.4, -0.2) is 60.9 Å². The van der Waals surface area contributed by atoms with Crippen LogP contribution < -0.4 is 10.6 Å². The Morgan fingerprint density at radius 1 is 1.13 bits per heavy atom. The standard InChI is InChI=1S/C24H39N5O.HI/c1-3-25-24(26-13-7-14-28-16-11-20(2)12-17-28)27-18-21-8-4-5-9-22(21)19-29-15-6-10-23(29)30;/h4-5,8-9,20H,3,6-7,10-19H2,1-2H3,(H2,25,26,27);1H. The Hall–Kier alpha value is -1.35. The number of amides is 1. The van der Waals surface area contributed by atoms with Crippen LogP contribution >= 0.6 is 24.0 Å². The van der Waals surface area contributed by atoms with Crippen molar-refractivity contribution in [2.45, 2.75) is 59.0 Å². The highest BCUT2D eigenvalue weighted by Gasteiger charge is 2.20. The molecule has 2 heterocycles. The maximum Gasteiger partial charge on any atom is 0.222 e. The highest BCUT2D eigenvalue weighted by Crippen LogP contribution is 2.18. The number of hydrogen-bond acceptors (Lipinski definition) is 3. The maximum atomic E-state index is 12.0. The van der Waals surface area contributed by atoms with Gasteiger partial charge in [0.2, 0.25) is 5.91 Å². The van der Waals surface area contributed by atoms with Gasteiger partial charge in [0, 0.05) is 32.6 Å². The van der Waals surface area contributed by atoms with Gasteiger partial charge in [-0.15, -0.1) is 24.0 Å². The zero-order chi connectivity index (χ0) is 21.2. The Morgan fingerprint density at radius 3 is 2.55 bits per heavy atom. The second kappa shape index (κ2) is 13.9. The van der Waals surface area contributed by atoms with E-state index in [1.54, 1.807) is 0 Å². The van der Waals surface area contributed by atoms with Crippen molar-refractivity contribution in [1.29, 1.82) is 0 Å². The van der Waals surface area contributed by atoms with Crippen molar-refractivity contribution >= 4 is 35.8 Å². The number of rotatable bonds is 9. The summed E-state index contributed by atoms with van der Waals surface area (Å²) in [5.41, 5.74) is 2.39. The van der Waals surface area contributed by atoms with Crippen LogP contribution in [0.3, 0.4) is 0 Å². The van der Waals surface area contributed by atoms with Crippen molar-refractivity contribution in [1.82, 2.24) is 20.4 Å². The first-order valence-electron chi connectivity index (χ1n) is 11.7. The molecule has 0 unspecified atom stereocenters. The number of likely N-dealkylation sites (tertiary alicyclic amines) is 2. The summed E-state index contributed by atoms with van der Waals surface area (Å²) in [6.07, 6.45) is 5.46. The largest absolute Gasteiger partial charge is 0.357 e. The molecule has 2 N–H and O–H groups in total. The average Bonchev–Trinajstić information content (AvgIpc) is 3.16. The van der Waals surface area contributed by atoms with Gasteiger partial charge in [0.15, 0.2) is 5.96 Å². The smallest absolute Gasteiger partial charge is 0.222 e. The summed E-state index contributed by atoms with van der Waals surface area (Å²) in [5.74, 6) is 2.03. The van der Waals surface area contributed by atoms with Gasteiger partial charge in [-0.1, -0.05) is 31.2 Å². The van der Waals surface area contributed by atoms with Crippen LogP contribution in [-0.2, 0) is 17.9 Å². The van der Waals surface area contributed by atoms with Gasteiger partial charge in [0.05, 0.1) is 6.54 Å². The molecule has 0 radical (unpaired) electrons. The molecule has 1 amide bonds. The second-order valence-corrected chi connectivity index (χ2v) is 8.69. The van der Waals surface area contributed by atoms with Gasteiger partial charge in [-0.3, -0.25) is 4.79 Å². The predicted octanol–water partition coefficient (Wildman–Crippen LogP) is 3.60. The third kappa shape index (κ3) is 8.60. The normalized spacial score (nSPS) is 18.2. The van der Waals surface area contributed by atoms with Gasteiger partial charge in [-0.05, 0) is 69.3 Å². The molecule has 2 aliphatic rings. The monoisotopic (exact) mass is 541 g/mol. The van der Waals surface area contributed by atoms with Crippen molar-refractivity contribution in [2.24, 2.45) is 10.9 Å². The Morgan fingerprint density at radius 2 is 1.87 bits per heavy atom. The van der Waals surface area contributed by atoms with Crippen LogP contribution in [0.2, 0.25) is 0 Å². The SMILES string of the molecule is CCNC(=NCc1ccccc1CN1CCCC1=O)NCCCN1CCC(C)CC1.I. The van der Waals surface area contributed by atoms with E-state index in [1.807, 2.05) is 11.0 Å². The first kappa shape index (κ1) is 25.9. The molecule has 0 spiro atoms. The van der Waals surface area contributed by atoms with Crippen LogP contribution in [0.25, 0.3) is 0 Å². The lowest BCUT2D eigenvalue weighted by Crippen LogP contribution is -2.39. The maximum absolute atomic E-state index is 12.0. The van der Waals surface area contributed by atoms with E-state index in [1.165, 1.54) is 37.1 Å². The van der Waals surface area contributed by atoms with Gasteiger partial charge in [-0.2, -0.15) is 0 Å². The van der Waals surface area contributed by atoms with Gasteiger partial charge in [0.1, 0.15) is 0 Å². The van der Waals surface area contributed by atoms with E-state index in [-0.39, 0.29) is 29.9 Å². The van der Waals surface area contributed by atoms with Crippen LogP contribution in [0, 0.1) is 5.92 Å². The predicted molar refractivity (Wildman–Crippen MR) is 139 cm³/mol. The summed E-state index contributed by atoms with van der Waals surface area (Å²) in [7, 11) is 0. The van der Waals surface area contributed by atoms with E-state index in [0.717, 1.165) is 50.9 Å². The lowest BCUT2D eigenvalue weighted by atomic mass is 9.99. The fourth-order valence-corrected chi connectivity index (χ4v) is 4.24. The molecule has 3 rings (SSSR count). The highest BCUT2D eigenvalue weighted by atomic mass is 127. The molecule has 2 fully saturated rings. The minimum atomic E-state index is 0. The molecule has 0 atom stereocenters. The number of benzene rings is 1. The molecule has 0 aliphatic carbocycles. The number of guanidine groups is 1. The topological polar surface area (TPSA) is 60.0 Å². The number of hydrogen-bond donors (Lipinski definition) is 2. The second-order valence-electron chi connectivity index (χ2n) is 8.69. The van der Waals surface area contributed by atoms with Crippen LogP contribution in [0.5, 0.6) is 0 Å². The van der Waals surface area contributed by atoms with Crippen molar-refractivity contribution in [2.75, 3.05) is 39.3 Å². The van der Waals surface area contributed by atoms with E-state index in [9.17, 15) is 4.79 Å². The number of nitrogens with one attached hydrogen (secondary N) is 2. The van der Waals surface area contributed by atoms with Crippen molar-refractivity contribution < 1.29 is 4.79 Å². The van der Waals surface area contributed by atoms with Crippen LogP contribution in [0.1, 0.15) is 57.1 Å². The lowest BCUT2D eigenvalue weighted by Gasteiger charge is -2.30. The molecule has 1 aromatic carbocycles. The fraction of sp³-hybridized carbons (Fsp3) is 0.667. The summed E-state index contributed by atoms with van der Waals surface area (Å²) in [6.45, 7) is 12.1. The number of piperidine rings is 1. The molecular formula is C24H40IN5O. The molecule has 7 heteroatoms. The molecule has 0 saturated carbocycles. The van der Waals surface area contributed by atoms with Crippen molar-refractivity contribution in [3.8, 4) is 0 Å².